The second-order valence-electron chi connectivity index (χ2n) is 24.6. The largest absolute Gasteiger partial charge is 0.310 e. The molecular weight excluding hydrogens is 991 g/mol. The second kappa shape index (κ2) is 19.0. The minimum Gasteiger partial charge on any atom is -0.310 e. The van der Waals surface area contributed by atoms with E-state index in [1.165, 1.54) is 117 Å². The van der Waals surface area contributed by atoms with Gasteiger partial charge in [-0.1, -0.05) is 202 Å². The Balaban J connectivity index is 0.974. The monoisotopic (exact) mass is 1060 g/mol. The van der Waals surface area contributed by atoms with Crippen molar-refractivity contribution in [1.82, 2.24) is 0 Å². The lowest BCUT2D eigenvalue weighted by atomic mass is 9.62. The van der Waals surface area contributed by atoms with Crippen molar-refractivity contribution in [1.29, 1.82) is 0 Å². The Labute approximate surface area is 485 Å². The SMILES string of the molecule is Cc1ccc(N2c3ccccc3C(c3ccc(N(c4ccc5c(c4)C(C)(C)c4ccccc4-5)c4ccc(C)cc4C)cc3)(c3ccc(N(c4ccc5c(c4)C(C)(C)c4ccccc4-5)c4ccc(C)cc4C)cc3)c3cc(C)ccc32)cc1. The van der Waals surface area contributed by atoms with Crippen LogP contribution in [0.4, 0.5) is 51.2 Å². The topological polar surface area (TPSA) is 9.72 Å². The molecular formula is C79H69N3. The minimum absolute atomic E-state index is 0.144. The third kappa shape index (κ3) is 7.77. The molecule has 3 heteroatoms. The van der Waals surface area contributed by atoms with Crippen LogP contribution in [0.2, 0.25) is 0 Å². The fourth-order valence-corrected chi connectivity index (χ4v) is 14.5. The van der Waals surface area contributed by atoms with Crippen LogP contribution in [0.1, 0.15) is 106 Å². The maximum atomic E-state index is 2.48. The number of fused-ring (bicyclic) bond motifs is 8. The van der Waals surface area contributed by atoms with Gasteiger partial charge in [-0.05, 0) is 204 Å². The fraction of sp³-hybridized carbons (Fsp3) is 0.165. The van der Waals surface area contributed by atoms with Crippen LogP contribution in [0.3, 0.4) is 0 Å². The summed E-state index contributed by atoms with van der Waals surface area (Å²) in [5.41, 5.74) is 32.3. The standard InChI is InChI=1S/C79H69N3/c1-50-23-32-60(33-24-50)82-75-22-16-15-21-69(75)79(72-47-53(4)27-44-76(72)82,56-28-34-58(35-29-56)80(73-42-25-51(2)45-54(73)5)61-38-40-65-63-17-11-13-19-67(63)77(7,8)70(65)48-61)57-30-36-59(37-31-57)81(74-43-26-52(3)46-55(74)6)62-39-41-66-64-18-12-14-20-68(64)78(9,10)71(66)49-62/h11-49H,1-10H3. The lowest BCUT2D eigenvalue weighted by Crippen LogP contribution is -2.38. The molecule has 0 atom stereocenters. The van der Waals surface area contributed by atoms with E-state index >= 15 is 0 Å². The van der Waals surface area contributed by atoms with Gasteiger partial charge in [0.25, 0.3) is 0 Å². The summed E-state index contributed by atoms with van der Waals surface area (Å²) in [6.45, 7) is 22.8. The van der Waals surface area contributed by atoms with Crippen LogP contribution in [0.5, 0.6) is 0 Å². The molecule has 0 bridgehead atoms. The van der Waals surface area contributed by atoms with Gasteiger partial charge in [-0.25, -0.2) is 0 Å². The Hall–Kier alpha value is -9.18. The van der Waals surface area contributed by atoms with E-state index in [0.717, 1.165) is 34.1 Å². The maximum Gasteiger partial charge on any atom is 0.0742 e. The minimum atomic E-state index is -0.738. The summed E-state index contributed by atoms with van der Waals surface area (Å²) in [5, 5.41) is 0. The Morgan fingerprint density at radius 2 is 0.683 bits per heavy atom. The van der Waals surface area contributed by atoms with E-state index in [4.69, 9.17) is 0 Å². The van der Waals surface area contributed by atoms with Crippen LogP contribution >= 0.6 is 0 Å². The van der Waals surface area contributed by atoms with Gasteiger partial charge in [0.2, 0.25) is 0 Å². The van der Waals surface area contributed by atoms with Crippen molar-refractivity contribution < 1.29 is 0 Å². The lowest BCUT2D eigenvalue weighted by Gasteiger charge is -2.47. The predicted molar refractivity (Wildman–Crippen MR) is 346 cm³/mol. The van der Waals surface area contributed by atoms with Gasteiger partial charge in [0.05, 0.1) is 16.8 Å². The molecule has 1 aliphatic heterocycles. The van der Waals surface area contributed by atoms with Gasteiger partial charge >= 0.3 is 0 Å². The zero-order valence-electron chi connectivity index (χ0n) is 48.9. The van der Waals surface area contributed by atoms with E-state index in [9.17, 15) is 0 Å². The Morgan fingerprint density at radius 1 is 0.293 bits per heavy atom. The molecule has 0 radical (unpaired) electrons. The van der Waals surface area contributed by atoms with Crippen molar-refractivity contribution in [3.63, 3.8) is 0 Å². The number of aryl methyl sites for hydroxylation is 6. The zero-order valence-corrected chi connectivity index (χ0v) is 48.9. The third-order valence-electron chi connectivity index (χ3n) is 18.6. The summed E-state index contributed by atoms with van der Waals surface area (Å²) in [5.74, 6) is 0. The molecule has 2 aliphatic carbocycles. The Morgan fingerprint density at radius 3 is 1.17 bits per heavy atom. The van der Waals surface area contributed by atoms with Gasteiger partial charge in [0.1, 0.15) is 0 Å². The number of hydrogen-bond acceptors (Lipinski definition) is 3. The van der Waals surface area contributed by atoms with Gasteiger partial charge < -0.3 is 14.7 Å². The van der Waals surface area contributed by atoms with Crippen molar-refractivity contribution in [2.45, 2.75) is 85.5 Å². The Bertz CT molecular complexity index is 4140. The van der Waals surface area contributed by atoms with Crippen molar-refractivity contribution in [2.24, 2.45) is 0 Å². The summed E-state index contributed by atoms with van der Waals surface area (Å²) < 4.78 is 0. The molecule has 0 saturated carbocycles. The molecule has 0 fully saturated rings. The Kier molecular flexibility index (Phi) is 11.8. The van der Waals surface area contributed by atoms with Crippen LogP contribution in [0, 0.1) is 41.5 Å². The molecule has 0 amide bonds. The molecule has 0 saturated heterocycles. The molecule has 0 aromatic heterocycles. The molecule has 11 aromatic rings. The van der Waals surface area contributed by atoms with E-state index in [0.29, 0.717) is 0 Å². The summed E-state index contributed by atoms with van der Waals surface area (Å²) >= 11 is 0. The van der Waals surface area contributed by atoms with E-state index in [2.05, 4.69) is 321 Å². The molecule has 1 heterocycles. The zero-order chi connectivity index (χ0) is 56.4. The highest BCUT2D eigenvalue weighted by molar-refractivity contribution is 5.92. The highest BCUT2D eigenvalue weighted by Gasteiger charge is 2.47. The van der Waals surface area contributed by atoms with Gasteiger partial charge in [0.15, 0.2) is 0 Å². The van der Waals surface area contributed by atoms with E-state index < -0.39 is 5.41 Å². The average molecular weight is 1060 g/mol. The summed E-state index contributed by atoms with van der Waals surface area (Å²) in [6, 6.07) is 90.2. The molecule has 400 valence electrons. The number of nitrogens with zero attached hydrogens (tertiary/aromatic N) is 3. The molecule has 3 nitrogen and oxygen atoms in total. The van der Waals surface area contributed by atoms with Gasteiger partial charge in [0, 0.05) is 50.6 Å². The van der Waals surface area contributed by atoms with E-state index in [-0.39, 0.29) is 10.8 Å². The predicted octanol–water partition coefficient (Wildman–Crippen LogP) is 21.3. The first-order valence-corrected chi connectivity index (χ1v) is 29.1. The van der Waals surface area contributed by atoms with E-state index in [1.807, 2.05) is 0 Å². The molecule has 0 spiro atoms. The molecule has 3 aliphatic rings. The van der Waals surface area contributed by atoms with Gasteiger partial charge in [-0.3, -0.25) is 0 Å². The second-order valence-corrected chi connectivity index (χ2v) is 24.6. The van der Waals surface area contributed by atoms with Crippen LogP contribution < -0.4 is 14.7 Å². The van der Waals surface area contributed by atoms with Crippen LogP contribution in [-0.4, -0.2) is 0 Å². The van der Waals surface area contributed by atoms with Crippen LogP contribution in [-0.2, 0) is 16.2 Å². The first-order chi connectivity index (χ1) is 39.6. The van der Waals surface area contributed by atoms with Gasteiger partial charge in [-0.15, -0.1) is 0 Å². The summed E-state index contributed by atoms with van der Waals surface area (Å²) in [4.78, 5) is 7.44. The third-order valence-corrected chi connectivity index (χ3v) is 18.6. The van der Waals surface area contributed by atoms with Crippen LogP contribution in [0.15, 0.2) is 237 Å². The van der Waals surface area contributed by atoms with Crippen molar-refractivity contribution in [3.8, 4) is 22.3 Å². The van der Waals surface area contributed by atoms with Gasteiger partial charge in [-0.2, -0.15) is 0 Å². The summed E-state index contributed by atoms with van der Waals surface area (Å²) in [6.07, 6.45) is 0. The first-order valence-electron chi connectivity index (χ1n) is 29.1. The number of para-hydroxylation sites is 1. The first kappa shape index (κ1) is 51.0. The number of benzene rings is 11. The smallest absolute Gasteiger partial charge is 0.0742 e. The van der Waals surface area contributed by atoms with Crippen LogP contribution in [0.25, 0.3) is 22.3 Å². The number of anilines is 9. The molecule has 14 rings (SSSR count). The summed E-state index contributed by atoms with van der Waals surface area (Å²) in [7, 11) is 0. The average Bonchev–Trinajstić information content (AvgIpc) is 1.96. The molecule has 0 unspecified atom stereocenters. The highest BCUT2D eigenvalue weighted by atomic mass is 15.2. The molecule has 82 heavy (non-hydrogen) atoms. The lowest BCUT2D eigenvalue weighted by molar-refractivity contribution is 0.660. The van der Waals surface area contributed by atoms with Crippen molar-refractivity contribution >= 4 is 51.2 Å². The maximum absolute atomic E-state index is 2.48. The molecule has 11 aromatic carbocycles. The van der Waals surface area contributed by atoms with E-state index in [1.54, 1.807) is 0 Å². The quantitative estimate of drug-likeness (QED) is 0.143. The fourth-order valence-electron chi connectivity index (χ4n) is 14.5. The van der Waals surface area contributed by atoms with Crippen molar-refractivity contribution in [3.05, 3.63) is 314 Å². The van der Waals surface area contributed by atoms with Crippen molar-refractivity contribution in [2.75, 3.05) is 14.7 Å². The normalized spacial score (nSPS) is 14.5. The molecule has 0 N–H and O–H groups in total. The number of rotatable bonds is 9. The highest BCUT2D eigenvalue weighted by Crippen LogP contribution is 2.59. The number of hydrogen-bond donors (Lipinski definition) is 0.